The Labute approximate surface area is 106 Å². The summed E-state index contributed by atoms with van der Waals surface area (Å²) in [6, 6.07) is 4.00. The van der Waals surface area contributed by atoms with Crippen molar-refractivity contribution in [3.05, 3.63) is 23.3 Å². The van der Waals surface area contributed by atoms with Gasteiger partial charge >= 0.3 is 0 Å². The minimum atomic E-state index is -0.134. The van der Waals surface area contributed by atoms with Gasteiger partial charge in [0.2, 0.25) is 5.91 Å². The Balaban J connectivity index is 2.02. The van der Waals surface area contributed by atoms with Crippen LogP contribution in [-0.4, -0.2) is 19.1 Å². The van der Waals surface area contributed by atoms with Gasteiger partial charge in [-0.3, -0.25) is 10.2 Å². The number of carbonyl (C=O) groups excluding carboxylic acids is 1. The van der Waals surface area contributed by atoms with Gasteiger partial charge in [-0.1, -0.05) is 0 Å². The Morgan fingerprint density at radius 2 is 2.00 bits per heavy atom. The first kappa shape index (κ1) is 12.7. The summed E-state index contributed by atoms with van der Waals surface area (Å²) in [7, 11) is 0. The normalized spacial score (nSPS) is 13.2. The van der Waals surface area contributed by atoms with E-state index in [1.165, 1.54) is 5.56 Å². The fraction of sp³-hybridized carbons (Fsp3) is 0.462. The van der Waals surface area contributed by atoms with Crippen molar-refractivity contribution in [2.75, 3.05) is 13.2 Å². The maximum Gasteiger partial charge on any atom is 0.233 e. The van der Waals surface area contributed by atoms with Gasteiger partial charge in [-0.2, -0.15) is 0 Å². The molecule has 2 rings (SSSR count). The van der Waals surface area contributed by atoms with Crippen LogP contribution in [0.5, 0.6) is 11.5 Å². The summed E-state index contributed by atoms with van der Waals surface area (Å²) in [6.45, 7) is 3.23. The van der Waals surface area contributed by atoms with Gasteiger partial charge in [-0.15, -0.1) is 0 Å². The number of hydrogen-bond acceptors (Lipinski definition) is 4. The van der Waals surface area contributed by atoms with Gasteiger partial charge in [-0.25, -0.2) is 5.84 Å². The number of nitrogens with one attached hydrogen (secondary N) is 1. The minimum Gasteiger partial charge on any atom is -0.486 e. The number of carbonyl (C=O) groups is 1. The first-order chi connectivity index (χ1) is 8.70. The van der Waals surface area contributed by atoms with E-state index in [0.717, 1.165) is 29.9 Å². The van der Waals surface area contributed by atoms with E-state index in [1.54, 1.807) is 0 Å². The lowest BCUT2D eigenvalue weighted by molar-refractivity contribution is -0.121. The molecule has 5 heteroatoms. The second-order valence-corrected chi connectivity index (χ2v) is 4.34. The van der Waals surface area contributed by atoms with Crippen LogP contribution in [0.2, 0.25) is 0 Å². The van der Waals surface area contributed by atoms with Gasteiger partial charge in [0, 0.05) is 6.42 Å². The zero-order valence-corrected chi connectivity index (χ0v) is 10.5. The Morgan fingerprint density at radius 1 is 1.33 bits per heavy atom. The monoisotopic (exact) mass is 250 g/mol. The van der Waals surface area contributed by atoms with E-state index < -0.39 is 0 Å². The van der Waals surface area contributed by atoms with Crippen molar-refractivity contribution in [3.63, 3.8) is 0 Å². The molecule has 98 valence electrons. The molecular weight excluding hydrogens is 232 g/mol. The first-order valence-corrected chi connectivity index (χ1v) is 6.09. The summed E-state index contributed by atoms with van der Waals surface area (Å²) in [5.41, 5.74) is 4.48. The summed E-state index contributed by atoms with van der Waals surface area (Å²) in [5.74, 6) is 6.51. The van der Waals surface area contributed by atoms with E-state index in [4.69, 9.17) is 15.3 Å². The van der Waals surface area contributed by atoms with Crippen LogP contribution in [0.1, 0.15) is 24.0 Å². The summed E-state index contributed by atoms with van der Waals surface area (Å²) in [6.07, 6.45) is 2.03. The molecule has 1 heterocycles. The second kappa shape index (κ2) is 5.73. The molecule has 5 nitrogen and oxygen atoms in total. The molecule has 0 aromatic heterocycles. The van der Waals surface area contributed by atoms with Gasteiger partial charge in [-0.05, 0) is 43.0 Å². The molecule has 0 bridgehead atoms. The highest BCUT2D eigenvalue weighted by molar-refractivity contribution is 5.75. The Kier molecular flexibility index (Phi) is 4.04. The lowest BCUT2D eigenvalue weighted by Crippen LogP contribution is -2.29. The molecule has 0 spiro atoms. The van der Waals surface area contributed by atoms with Crippen molar-refractivity contribution in [1.82, 2.24) is 5.43 Å². The van der Waals surface area contributed by atoms with Crippen LogP contribution < -0.4 is 20.7 Å². The van der Waals surface area contributed by atoms with Crippen molar-refractivity contribution in [2.24, 2.45) is 5.84 Å². The number of benzene rings is 1. The summed E-state index contributed by atoms with van der Waals surface area (Å²) < 4.78 is 11.1. The molecule has 18 heavy (non-hydrogen) atoms. The minimum absolute atomic E-state index is 0.134. The molecule has 0 saturated carbocycles. The number of fused-ring (bicyclic) bond motifs is 1. The SMILES string of the molecule is Cc1cc2c(cc1CCCC(=O)NN)OCCO2. The van der Waals surface area contributed by atoms with E-state index in [1.807, 2.05) is 19.1 Å². The highest BCUT2D eigenvalue weighted by atomic mass is 16.6. The van der Waals surface area contributed by atoms with Crippen LogP contribution in [-0.2, 0) is 11.2 Å². The quantitative estimate of drug-likeness (QED) is 0.476. The van der Waals surface area contributed by atoms with E-state index in [2.05, 4.69) is 5.43 Å². The molecule has 0 saturated heterocycles. The number of ether oxygens (including phenoxy) is 2. The van der Waals surface area contributed by atoms with Crippen LogP contribution in [0.4, 0.5) is 0 Å². The van der Waals surface area contributed by atoms with Crippen LogP contribution >= 0.6 is 0 Å². The Hall–Kier alpha value is -1.75. The zero-order chi connectivity index (χ0) is 13.0. The Bertz CT molecular complexity index is 446. The van der Waals surface area contributed by atoms with Crippen molar-refractivity contribution < 1.29 is 14.3 Å². The predicted molar refractivity (Wildman–Crippen MR) is 67.4 cm³/mol. The maximum atomic E-state index is 11.0. The summed E-state index contributed by atoms with van der Waals surface area (Å²) >= 11 is 0. The van der Waals surface area contributed by atoms with Gasteiger partial charge in [0.25, 0.3) is 0 Å². The van der Waals surface area contributed by atoms with Gasteiger partial charge in [0.1, 0.15) is 13.2 Å². The molecule has 1 amide bonds. The highest BCUT2D eigenvalue weighted by Crippen LogP contribution is 2.33. The molecule has 0 atom stereocenters. The third-order valence-electron chi connectivity index (χ3n) is 3.01. The molecule has 0 aliphatic carbocycles. The fourth-order valence-corrected chi connectivity index (χ4v) is 2.01. The van der Waals surface area contributed by atoms with E-state index >= 15 is 0 Å². The third kappa shape index (κ3) is 2.92. The van der Waals surface area contributed by atoms with E-state index in [-0.39, 0.29) is 5.91 Å². The number of hydrazine groups is 1. The third-order valence-corrected chi connectivity index (χ3v) is 3.01. The van der Waals surface area contributed by atoms with Gasteiger partial charge < -0.3 is 9.47 Å². The molecule has 0 radical (unpaired) electrons. The van der Waals surface area contributed by atoms with Gasteiger partial charge in [0.15, 0.2) is 11.5 Å². The van der Waals surface area contributed by atoms with Crippen LogP contribution in [0.25, 0.3) is 0 Å². The topological polar surface area (TPSA) is 73.6 Å². The second-order valence-electron chi connectivity index (χ2n) is 4.34. The molecule has 3 N–H and O–H groups in total. The van der Waals surface area contributed by atoms with Crippen molar-refractivity contribution in [2.45, 2.75) is 26.2 Å². The molecule has 1 aromatic rings. The van der Waals surface area contributed by atoms with Crippen molar-refractivity contribution in [3.8, 4) is 11.5 Å². The standard InChI is InChI=1S/C13H18N2O3/c1-9-7-11-12(18-6-5-17-11)8-10(9)3-2-4-13(16)15-14/h7-8H,2-6,14H2,1H3,(H,15,16). The number of nitrogens with two attached hydrogens (primary N) is 1. The van der Waals surface area contributed by atoms with Crippen molar-refractivity contribution in [1.29, 1.82) is 0 Å². The lowest BCUT2D eigenvalue weighted by Gasteiger charge is -2.20. The lowest BCUT2D eigenvalue weighted by atomic mass is 10.0. The largest absolute Gasteiger partial charge is 0.486 e. The summed E-state index contributed by atoms with van der Waals surface area (Å²) in [4.78, 5) is 11.0. The fourth-order valence-electron chi connectivity index (χ4n) is 2.01. The number of rotatable bonds is 4. The van der Waals surface area contributed by atoms with Crippen LogP contribution in [0.15, 0.2) is 12.1 Å². The Morgan fingerprint density at radius 3 is 2.67 bits per heavy atom. The number of hydrogen-bond donors (Lipinski definition) is 2. The van der Waals surface area contributed by atoms with E-state index in [0.29, 0.717) is 19.6 Å². The summed E-state index contributed by atoms with van der Waals surface area (Å²) in [5, 5.41) is 0. The maximum absolute atomic E-state index is 11.0. The smallest absolute Gasteiger partial charge is 0.233 e. The molecule has 1 aliphatic heterocycles. The molecule has 1 aromatic carbocycles. The van der Waals surface area contributed by atoms with Crippen LogP contribution in [0.3, 0.4) is 0 Å². The average Bonchev–Trinajstić information content (AvgIpc) is 2.39. The van der Waals surface area contributed by atoms with Crippen molar-refractivity contribution >= 4 is 5.91 Å². The predicted octanol–water partition coefficient (Wildman–Crippen LogP) is 1.08. The highest BCUT2D eigenvalue weighted by Gasteiger charge is 2.14. The molecular formula is C13H18N2O3. The molecule has 0 fully saturated rings. The van der Waals surface area contributed by atoms with E-state index in [9.17, 15) is 4.79 Å². The van der Waals surface area contributed by atoms with Gasteiger partial charge in [0.05, 0.1) is 0 Å². The molecule has 1 aliphatic rings. The van der Waals surface area contributed by atoms with Crippen LogP contribution in [0, 0.1) is 6.92 Å². The first-order valence-electron chi connectivity index (χ1n) is 6.09. The number of aryl methyl sites for hydroxylation is 2. The molecule has 0 unspecified atom stereocenters. The average molecular weight is 250 g/mol. The number of amides is 1. The zero-order valence-electron chi connectivity index (χ0n) is 10.5.